The third-order valence-electron chi connectivity index (χ3n) is 6.74. The van der Waals surface area contributed by atoms with Gasteiger partial charge < -0.3 is 15.7 Å². The van der Waals surface area contributed by atoms with E-state index >= 15 is 0 Å². The Kier molecular flexibility index (Phi) is 8.24. The Labute approximate surface area is 213 Å². The Morgan fingerprint density at radius 1 is 1.06 bits per heavy atom. The lowest BCUT2D eigenvalue weighted by molar-refractivity contribution is -0.135. The van der Waals surface area contributed by atoms with E-state index in [1.54, 1.807) is 11.3 Å². The molecule has 2 aromatic rings. The Hall–Kier alpha value is -2.09. The molecule has 1 fully saturated rings. The summed E-state index contributed by atoms with van der Waals surface area (Å²) in [6, 6.07) is 7.53. The number of hydrogen-bond donors (Lipinski definition) is 3. The van der Waals surface area contributed by atoms with Crippen molar-refractivity contribution in [3.8, 4) is 10.4 Å². The molecular formula is C28H41N3O3S. The zero-order chi connectivity index (χ0) is 26.1. The minimum atomic E-state index is -0.646. The van der Waals surface area contributed by atoms with Gasteiger partial charge in [-0.3, -0.25) is 9.59 Å². The van der Waals surface area contributed by atoms with Gasteiger partial charge in [0.05, 0.1) is 40.2 Å². The molecule has 35 heavy (non-hydrogen) atoms. The maximum Gasteiger partial charge on any atom is 0.224 e. The average Bonchev–Trinajstić information content (AvgIpc) is 3.35. The first-order chi connectivity index (χ1) is 16.2. The van der Waals surface area contributed by atoms with E-state index in [4.69, 9.17) is 0 Å². The zero-order valence-corrected chi connectivity index (χ0v) is 23.1. The van der Waals surface area contributed by atoms with Gasteiger partial charge in [0.2, 0.25) is 5.91 Å². The largest absolute Gasteiger partial charge is 0.393 e. The molecule has 1 aromatic heterocycles. The molecule has 0 aliphatic heterocycles. The van der Waals surface area contributed by atoms with Crippen LogP contribution in [-0.4, -0.2) is 39.5 Å². The van der Waals surface area contributed by atoms with Crippen LogP contribution in [0.2, 0.25) is 0 Å². The van der Waals surface area contributed by atoms with Gasteiger partial charge in [-0.25, -0.2) is 4.98 Å². The highest BCUT2D eigenvalue weighted by Crippen LogP contribution is 2.37. The van der Waals surface area contributed by atoms with Crippen LogP contribution in [0.15, 0.2) is 29.8 Å². The lowest BCUT2D eigenvalue weighted by atomic mass is 9.76. The van der Waals surface area contributed by atoms with E-state index in [1.807, 2.05) is 73.0 Å². The van der Waals surface area contributed by atoms with Crippen molar-refractivity contribution in [1.82, 2.24) is 15.6 Å². The third kappa shape index (κ3) is 6.78. The Morgan fingerprint density at radius 2 is 1.66 bits per heavy atom. The highest BCUT2D eigenvalue weighted by atomic mass is 32.1. The number of carbonyl (C=O) groups excluding carboxylic acids is 2. The van der Waals surface area contributed by atoms with E-state index in [2.05, 4.69) is 27.8 Å². The number of aromatic nitrogens is 1. The summed E-state index contributed by atoms with van der Waals surface area (Å²) in [5.74, 6) is -1.20. The van der Waals surface area contributed by atoms with Crippen LogP contribution >= 0.6 is 11.3 Å². The van der Waals surface area contributed by atoms with Crippen molar-refractivity contribution < 1.29 is 14.7 Å². The van der Waals surface area contributed by atoms with Crippen molar-refractivity contribution in [2.24, 2.45) is 17.3 Å². The average molecular weight is 500 g/mol. The number of benzene rings is 1. The number of aryl methyl sites for hydroxylation is 1. The van der Waals surface area contributed by atoms with Gasteiger partial charge in [0.1, 0.15) is 0 Å². The van der Waals surface area contributed by atoms with Gasteiger partial charge >= 0.3 is 0 Å². The fourth-order valence-corrected chi connectivity index (χ4v) is 5.69. The number of rotatable bonds is 7. The first kappa shape index (κ1) is 27.5. The van der Waals surface area contributed by atoms with Crippen LogP contribution in [0.5, 0.6) is 0 Å². The number of amides is 1. The molecule has 192 valence electrons. The lowest BCUT2D eigenvalue weighted by Crippen LogP contribution is -2.56. The van der Waals surface area contributed by atoms with E-state index < -0.39 is 24.0 Å². The van der Waals surface area contributed by atoms with Crippen LogP contribution < -0.4 is 10.6 Å². The maximum absolute atomic E-state index is 13.7. The van der Waals surface area contributed by atoms with Gasteiger partial charge in [-0.2, -0.15) is 0 Å². The lowest BCUT2D eigenvalue weighted by Gasteiger charge is -2.38. The van der Waals surface area contributed by atoms with Crippen molar-refractivity contribution in [2.45, 2.75) is 92.0 Å². The zero-order valence-electron chi connectivity index (χ0n) is 22.3. The van der Waals surface area contributed by atoms with Gasteiger partial charge in [0.15, 0.2) is 5.78 Å². The van der Waals surface area contributed by atoms with Crippen LogP contribution in [0.4, 0.5) is 0 Å². The van der Waals surface area contributed by atoms with E-state index in [-0.39, 0.29) is 28.7 Å². The molecule has 3 N–H and O–H groups in total. The Bertz CT molecular complexity index is 1030. The van der Waals surface area contributed by atoms with Crippen LogP contribution in [-0.2, 0) is 9.59 Å². The predicted molar refractivity (Wildman–Crippen MR) is 142 cm³/mol. The third-order valence-corrected chi connectivity index (χ3v) is 7.72. The molecule has 7 heteroatoms. The highest BCUT2D eigenvalue weighted by molar-refractivity contribution is 7.13. The number of carbonyl (C=O) groups is 2. The number of nitrogens with one attached hydrogen (secondary N) is 2. The molecule has 5 atom stereocenters. The molecule has 0 bridgehead atoms. The quantitative estimate of drug-likeness (QED) is 0.496. The molecular weight excluding hydrogens is 458 g/mol. The fraction of sp³-hybridized carbons (Fsp3) is 0.607. The molecule has 1 amide bonds. The molecule has 0 saturated heterocycles. The summed E-state index contributed by atoms with van der Waals surface area (Å²) in [5.41, 5.74) is 4.39. The molecule has 6 nitrogen and oxygen atoms in total. The first-order valence-electron chi connectivity index (χ1n) is 12.5. The molecule has 0 spiro atoms. The van der Waals surface area contributed by atoms with Crippen molar-refractivity contribution in [2.75, 3.05) is 0 Å². The van der Waals surface area contributed by atoms with Crippen molar-refractivity contribution in [3.05, 3.63) is 41.0 Å². The Balaban J connectivity index is 1.73. The first-order valence-corrected chi connectivity index (χ1v) is 13.4. The van der Waals surface area contributed by atoms with E-state index in [1.165, 1.54) is 0 Å². The van der Waals surface area contributed by atoms with E-state index in [0.717, 1.165) is 21.7 Å². The molecule has 1 heterocycles. The van der Waals surface area contributed by atoms with Crippen molar-refractivity contribution in [3.63, 3.8) is 0 Å². The van der Waals surface area contributed by atoms with Crippen LogP contribution in [0.1, 0.15) is 78.6 Å². The molecule has 1 aliphatic rings. The number of nitrogens with zero attached hydrogens (tertiary/aromatic N) is 1. The molecule has 1 aromatic carbocycles. The van der Waals surface area contributed by atoms with Gasteiger partial charge in [0.25, 0.3) is 0 Å². The van der Waals surface area contributed by atoms with Crippen LogP contribution in [0, 0.1) is 24.2 Å². The second kappa shape index (κ2) is 10.5. The minimum absolute atomic E-state index is 0.0149. The van der Waals surface area contributed by atoms with Crippen molar-refractivity contribution >= 4 is 23.0 Å². The maximum atomic E-state index is 13.7. The smallest absolute Gasteiger partial charge is 0.224 e. The van der Waals surface area contributed by atoms with E-state index in [9.17, 15) is 14.7 Å². The molecule has 3 rings (SSSR count). The number of ketones is 1. The molecule has 0 radical (unpaired) electrons. The number of thiazole rings is 1. The van der Waals surface area contributed by atoms with Crippen molar-refractivity contribution in [1.29, 1.82) is 0 Å². The second-order valence-electron chi connectivity index (χ2n) is 12.1. The minimum Gasteiger partial charge on any atom is -0.393 e. The SMILES string of the molecule is Cc1ncsc1-c1ccc([C@H](C)NC(=O)[C@@H]2C[C@@H](O)CC2C(=O)C(NC(C)(C)C)C(C)(C)C)cc1. The number of hydrogen-bond acceptors (Lipinski definition) is 6. The number of aliphatic hydroxyl groups excluding tert-OH is 1. The van der Waals surface area contributed by atoms with Crippen LogP contribution in [0.25, 0.3) is 10.4 Å². The van der Waals surface area contributed by atoms with Gasteiger partial charge in [0, 0.05) is 11.5 Å². The number of aliphatic hydroxyl groups is 1. The number of Topliss-reactive ketones (excluding diaryl/α,β-unsaturated/α-hetero) is 1. The normalized spacial score (nSPS) is 22.6. The molecule has 1 aliphatic carbocycles. The van der Waals surface area contributed by atoms with Gasteiger partial charge in [-0.1, -0.05) is 45.0 Å². The summed E-state index contributed by atoms with van der Waals surface area (Å²) >= 11 is 1.61. The summed E-state index contributed by atoms with van der Waals surface area (Å²) in [5, 5.41) is 17.0. The molecule has 2 unspecified atom stereocenters. The molecule has 1 saturated carbocycles. The summed E-state index contributed by atoms with van der Waals surface area (Å²) in [7, 11) is 0. The monoisotopic (exact) mass is 499 g/mol. The predicted octanol–water partition coefficient (Wildman–Crippen LogP) is 5.05. The summed E-state index contributed by atoms with van der Waals surface area (Å²) in [4.78, 5) is 32.5. The summed E-state index contributed by atoms with van der Waals surface area (Å²) in [6.07, 6.45) is -0.00968. The summed E-state index contributed by atoms with van der Waals surface area (Å²) in [6.45, 7) is 16.2. The fourth-order valence-electron chi connectivity index (χ4n) is 4.88. The van der Waals surface area contributed by atoms with E-state index in [0.29, 0.717) is 12.8 Å². The van der Waals surface area contributed by atoms with Gasteiger partial charge in [-0.05, 0) is 64.0 Å². The van der Waals surface area contributed by atoms with Gasteiger partial charge in [-0.15, -0.1) is 11.3 Å². The van der Waals surface area contributed by atoms with Crippen LogP contribution in [0.3, 0.4) is 0 Å². The highest BCUT2D eigenvalue weighted by Gasteiger charge is 2.47. The topological polar surface area (TPSA) is 91.3 Å². The standard InChI is InChI=1S/C28H41N3O3S/c1-16(18-9-11-19(12-10-18)24-17(2)29-15-35-24)30-26(34)22-14-20(32)13-21(22)23(33)25(27(3,4)5)31-28(6,7)8/h9-12,15-16,20-22,25,31-32H,13-14H2,1-8H3,(H,30,34)/t16-,20-,21?,22+,25?/m0/s1. The Morgan fingerprint density at radius 3 is 2.17 bits per heavy atom. The second-order valence-corrected chi connectivity index (χ2v) is 12.9. The summed E-state index contributed by atoms with van der Waals surface area (Å²) < 4.78 is 0.